The van der Waals surface area contributed by atoms with E-state index in [0.29, 0.717) is 5.92 Å². The monoisotopic (exact) mass is 282 g/mol. The number of cyclic esters (lactones) is 1. The van der Waals surface area contributed by atoms with E-state index in [1.165, 1.54) is 5.69 Å². The maximum Gasteiger partial charge on any atom is 0.319 e. The topological polar surface area (TPSA) is 44.1 Å². The fraction of sp³-hybridized carbons (Fsp3) is 0.714. The molecule has 1 aliphatic heterocycles. The first-order valence-corrected chi connectivity index (χ1v) is 7.67. The summed E-state index contributed by atoms with van der Waals surface area (Å²) in [6, 6.07) is 0. The van der Waals surface area contributed by atoms with Crippen LogP contribution in [-0.2, 0) is 16.1 Å². The Morgan fingerprint density at radius 1 is 1.47 bits per heavy atom. The number of aromatic nitrogens is 2. The van der Waals surface area contributed by atoms with Gasteiger partial charge in [-0.1, -0.05) is 25.6 Å². The molecule has 5 heteroatoms. The number of hydrogen-bond acceptors (Lipinski definition) is 4. The molecule has 0 N–H and O–H groups in total. The van der Waals surface area contributed by atoms with Crippen LogP contribution in [0.4, 0.5) is 0 Å². The number of imidazole rings is 1. The molecule has 0 unspecified atom stereocenters. The van der Waals surface area contributed by atoms with Gasteiger partial charge < -0.3 is 9.30 Å². The summed E-state index contributed by atoms with van der Waals surface area (Å²) in [4.78, 5) is 16.3. The lowest BCUT2D eigenvalue weighted by Crippen LogP contribution is -2.13. The largest absolute Gasteiger partial charge is 0.462 e. The van der Waals surface area contributed by atoms with Crippen LogP contribution in [0.3, 0.4) is 0 Å². The Hall–Kier alpha value is -0.970. The van der Waals surface area contributed by atoms with Crippen LogP contribution < -0.4 is 0 Å². The van der Waals surface area contributed by atoms with Gasteiger partial charge in [0.2, 0.25) is 0 Å². The molecule has 1 fully saturated rings. The Labute approximate surface area is 118 Å². The van der Waals surface area contributed by atoms with E-state index in [1.807, 2.05) is 13.8 Å². The number of thioether (sulfide) groups is 1. The predicted octanol–water partition coefficient (Wildman–Crippen LogP) is 2.95. The molecule has 2 heterocycles. The summed E-state index contributed by atoms with van der Waals surface area (Å²) in [5, 5.41) is 0.835. The van der Waals surface area contributed by atoms with Gasteiger partial charge >= 0.3 is 5.97 Å². The summed E-state index contributed by atoms with van der Waals surface area (Å²) in [5.74, 6) is 0.452. The number of nitrogens with zero attached hydrogens (tertiary/aromatic N) is 2. The van der Waals surface area contributed by atoms with Gasteiger partial charge in [-0.25, -0.2) is 4.98 Å². The highest BCUT2D eigenvalue weighted by Gasteiger charge is 2.34. The van der Waals surface area contributed by atoms with Crippen LogP contribution in [0.1, 0.15) is 38.6 Å². The standard InChI is InChI=1S/C14H22N2O2S/c1-8(2)7-16-11(5)10(4)15-14(16)19-12-6-9(3)18-13(12)17/h8-9,12H,6-7H2,1-5H3/t9-,12-/m1/s1. The summed E-state index contributed by atoms with van der Waals surface area (Å²) in [6.07, 6.45) is 0.802. The second-order valence-corrected chi connectivity index (χ2v) is 6.83. The number of aryl methyl sites for hydroxylation is 1. The van der Waals surface area contributed by atoms with Gasteiger partial charge in [0.15, 0.2) is 5.16 Å². The summed E-state index contributed by atoms with van der Waals surface area (Å²) >= 11 is 1.54. The van der Waals surface area contributed by atoms with Crippen molar-refractivity contribution in [3.63, 3.8) is 0 Å². The SMILES string of the molecule is Cc1nc(S[C@@H]2C[C@@H](C)OC2=O)n(CC(C)C)c1C. The second-order valence-electron chi connectivity index (χ2n) is 5.66. The maximum absolute atomic E-state index is 11.7. The molecule has 19 heavy (non-hydrogen) atoms. The molecule has 0 amide bonds. The lowest BCUT2D eigenvalue weighted by Gasteiger charge is -2.13. The lowest BCUT2D eigenvalue weighted by atomic mass is 10.2. The Morgan fingerprint density at radius 3 is 2.68 bits per heavy atom. The summed E-state index contributed by atoms with van der Waals surface area (Å²) in [5.41, 5.74) is 2.23. The molecule has 0 saturated carbocycles. The number of hydrogen-bond donors (Lipinski definition) is 0. The van der Waals surface area contributed by atoms with E-state index in [2.05, 4.69) is 30.3 Å². The molecule has 0 bridgehead atoms. The van der Waals surface area contributed by atoms with Crippen molar-refractivity contribution in [1.29, 1.82) is 0 Å². The molecule has 0 aromatic carbocycles. The number of carbonyl (C=O) groups excluding carboxylic acids is 1. The van der Waals surface area contributed by atoms with Gasteiger partial charge in [-0.05, 0) is 26.7 Å². The van der Waals surface area contributed by atoms with E-state index < -0.39 is 0 Å². The van der Waals surface area contributed by atoms with Crippen molar-refractivity contribution in [2.75, 3.05) is 0 Å². The van der Waals surface area contributed by atoms with Crippen molar-refractivity contribution >= 4 is 17.7 Å². The molecular weight excluding hydrogens is 260 g/mol. The zero-order valence-corrected chi connectivity index (χ0v) is 13.1. The molecule has 1 aromatic heterocycles. The van der Waals surface area contributed by atoms with Crippen LogP contribution in [0, 0.1) is 19.8 Å². The van der Waals surface area contributed by atoms with Crippen molar-refractivity contribution in [3.8, 4) is 0 Å². The second kappa shape index (κ2) is 5.57. The molecule has 2 rings (SSSR count). The fourth-order valence-electron chi connectivity index (χ4n) is 2.24. The third-order valence-electron chi connectivity index (χ3n) is 3.34. The average Bonchev–Trinajstić information content (AvgIpc) is 2.74. The number of ether oxygens (including phenoxy) is 1. The van der Waals surface area contributed by atoms with E-state index in [4.69, 9.17) is 4.74 Å². The van der Waals surface area contributed by atoms with Crippen molar-refractivity contribution in [3.05, 3.63) is 11.4 Å². The van der Waals surface area contributed by atoms with Crippen molar-refractivity contribution in [2.24, 2.45) is 5.92 Å². The van der Waals surface area contributed by atoms with E-state index in [1.54, 1.807) is 11.8 Å². The highest BCUT2D eigenvalue weighted by atomic mass is 32.2. The van der Waals surface area contributed by atoms with Crippen molar-refractivity contribution < 1.29 is 9.53 Å². The summed E-state index contributed by atoms with van der Waals surface area (Å²) in [7, 11) is 0. The first-order valence-electron chi connectivity index (χ1n) is 6.79. The van der Waals surface area contributed by atoms with Gasteiger partial charge in [-0.15, -0.1) is 0 Å². The van der Waals surface area contributed by atoms with Crippen molar-refractivity contribution in [2.45, 2.75) is 64.1 Å². The molecule has 0 spiro atoms. The Morgan fingerprint density at radius 2 is 2.16 bits per heavy atom. The average molecular weight is 282 g/mol. The van der Waals surface area contributed by atoms with Crippen LogP contribution >= 0.6 is 11.8 Å². The fourth-order valence-corrected chi connectivity index (χ4v) is 3.54. The molecule has 1 saturated heterocycles. The van der Waals surface area contributed by atoms with Gasteiger partial charge in [0.25, 0.3) is 0 Å². The highest BCUT2D eigenvalue weighted by molar-refractivity contribution is 8.00. The van der Waals surface area contributed by atoms with E-state index >= 15 is 0 Å². The van der Waals surface area contributed by atoms with Gasteiger partial charge in [-0.3, -0.25) is 4.79 Å². The van der Waals surface area contributed by atoms with Crippen LogP contribution in [-0.4, -0.2) is 26.9 Å². The van der Waals surface area contributed by atoms with Crippen LogP contribution in [0.25, 0.3) is 0 Å². The smallest absolute Gasteiger partial charge is 0.319 e. The summed E-state index contributed by atoms with van der Waals surface area (Å²) in [6.45, 7) is 11.4. The zero-order valence-electron chi connectivity index (χ0n) is 12.3. The first-order chi connectivity index (χ1) is 8.88. The molecule has 4 nitrogen and oxygen atoms in total. The van der Waals surface area contributed by atoms with Gasteiger partial charge in [0.05, 0.1) is 5.69 Å². The third kappa shape index (κ3) is 3.14. The van der Waals surface area contributed by atoms with Crippen LogP contribution in [0.5, 0.6) is 0 Å². The van der Waals surface area contributed by atoms with E-state index in [0.717, 1.165) is 23.8 Å². The minimum absolute atomic E-state index is 0.0284. The predicted molar refractivity (Wildman–Crippen MR) is 76.4 cm³/mol. The molecule has 2 atom stereocenters. The molecule has 1 aliphatic rings. The van der Waals surface area contributed by atoms with Crippen LogP contribution in [0.2, 0.25) is 0 Å². The molecule has 0 radical (unpaired) electrons. The van der Waals surface area contributed by atoms with E-state index in [-0.39, 0.29) is 17.3 Å². The quantitative estimate of drug-likeness (QED) is 0.796. The minimum atomic E-state index is -0.109. The molecule has 0 aliphatic carbocycles. The molecule has 1 aromatic rings. The normalized spacial score (nSPS) is 23.2. The molecular formula is C14H22N2O2S. The number of esters is 1. The van der Waals surface area contributed by atoms with Gasteiger partial charge in [0.1, 0.15) is 11.4 Å². The van der Waals surface area contributed by atoms with Crippen LogP contribution in [0.15, 0.2) is 5.16 Å². The van der Waals surface area contributed by atoms with Gasteiger partial charge in [0, 0.05) is 18.7 Å². The number of carbonyl (C=O) groups is 1. The molecule has 106 valence electrons. The Bertz CT molecular complexity index is 482. The van der Waals surface area contributed by atoms with E-state index in [9.17, 15) is 4.79 Å². The van der Waals surface area contributed by atoms with Crippen molar-refractivity contribution in [1.82, 2.24) is 9.55 Å². The van der Waals surface area contributed by atoms with Gasteiger partial charge in [-0.2, -0.15) is 0 Å². The Kier molecular flexibility index (Phi) is 4.23. The Balaban J connectivity index is 2.20. The lowest BCUT2D eigenvalue weighted by molar-refractivity contribution is -0.140. The number of rotatable bonds is 4. The highest BCUT2D eigenvalue weighted by Crippen LogP contribution is 2.33. The minimum Gasteiger partial charge on any atom is -0.462 e. The maximum atomic E-state index is 11.7. The zero-order chi connectivity index (χ0) is 14.2. The summed E-state index contributed by atoms with van der Waals surface area (Å²) < 4.78 is 7.43. The third-order valence-corrected chi connectivity index (χ3v) is 4.54. The first kappa shape index (κ1) is 14.4.